The van der Waals surface area contributed by atoms with Crippen molar-refractivity contribution >= 4 is 12.1 Å². The molecule has 154 valence electrons. The van der Waals surface area contributed by atoms with Gasteiger partial charge in [0.25, 0.3) is 0 Å². The number of ether oxygens (including phenoxy) is 2. The number of carbonyl (C=O) groups excluding carboxylic acids is 2. The van der Waals surface area contributed by atoms with Crippen molar-refractivity contribution in [3.63, 3.8) is 0 Å². The third kappa shape index (κ3) is 2.83. The Balaban J connectivity index is 1.49. The van der Waals surface area contributed by atoms with Crippen LogP contribution in [0.1, 0.15) is 40.0 Å². The second kappa shape index (κ2) is 6.24. The van der Waals surface area contributed by atoms with Crippen LogP contribution in [0, 0.1) is 12.0 Å². The highest BCUT2D eigenvalue weighted by molar-refractivity contribution is 5.80. The average Bonchev–Trinajstić information content (AvgIpc) is 2.86. The molecule has 0 spiro atoms. The Hall–Kier alpha value is -2.01. The van der Waals surface area contributed by atoms with Crippen LogP contribution in [-0.4, -0.2) is 89.9 Å². The molecule has 2 aliphatic heterocycles. The van der Waals surface area contributed by atoms with Crippen molar-refractivity contribution in [1.82, 2.24) is 14.7 Å². The van der Waals surface area contributed by atoms with E-state index in [0.717, 1.165) is 19.3 Å². The monoisotopic (exact) mass is 390 g/mol. The molecule has 5 fully saturated rings. The zero-order valence-electron chi connectivity index (χ0n) is 17.2. The Morgan fingerprint density at radius 2 is 1.96 bits per heavy atom. The lowest BCUT2D eigenvalue weighted by Gasteiger charge is -2.70. The van der Waals surface area contributed by atoms with E-state index in [9.17, 15) is 9.59 Å². The molecule has 3 aliphatic carbocycles. The fourth-order valence-corrected chi connectivity index (χ4v) is 5.72. The van der Waals surface area contributed by atoms with Gasteiger partial charge in [0.1, 0.15) is 5.60 Å². The van der Waals surface area contributed by atoms with Gasteiger partial charge >= 0.3 is 12.1 Å². The van der Waals surface area contributed by atoms with Gasteiger partial charge in [0, 0.05) is 37.7 Å². The highest BCUT2D eigenvalue weighted by atomic mass is 16.6. The highest BCUT2D eigenvalue weighted by Crippen LogP contribution is 2.70. The predicted molar refractivity (Wildman–Crippen MR) is 102 cm³/mol. The molecule has 5 rings (SSSR count). The van der Waals surface area contributed by atoms with Gasteiger partial charge in [-0.2, -0.15) is 0 Å². The van der Waals surface area contributed by atoms with Crippen molar-refractivity contribution < 1.29 is 19.1 Å². The van der Waals surface area contributed by atoms with E-state index in [0.29, 0.717) is 32.8 Å². The van der Waals surface area contributed by atoms with Crippen LogP contribution in [0.15, 0.2) is 0 Å². The second-order valence-electron chi connectivity index (χ2n) is 9.92. The van der Waals surface area contributed by atoms with Gasteiger partial charge in [0.2, 0.25) is 6.54 Å². The van der Waals surface area contributed by atoms with Crippen LogP contribution in [0.2, 0.25) is 0 Å². The van der Waals surface area contributed by atoms with Crippen LogP contribution >= 0.6 is 0 Å². The normalized spacial score (nSPS) is 36.4. The predicted octanol–water partition coefficient (Wildman–Crippen LogP) is 2.20. The minimum absolute atomic E-state index is 0.0620. The van der Waals surface area contributed by atoms with Gasteiger partial charge in [-0.1, -0.05) is 0 Å². The molecular weight excluding hydrogens is 360 g/mol. The van der Waals surface area contributed by atoms with Crippen LogP contribution in [0.3, 0.4) is 0 Å². The maximum Gasteiger partial charge on any atom is 0.410 e. The van der Waals surface area contributed by atoms with Crippen molar-refractivity contribution in [3.8, 4) is 0 Å². The SMILES string of the molecule is [C-]#[N+]CC12CC(N3C[C@@H]4[C@@H](COC)N(C(=O)OC(C)(C)C)CCN4C3=O)(C1)C2. The molecule has 8 nitrogen and oxygen atoms in total. The second-order valence-corrected chi connectivity index (χ2v) is 9.92. The van der Waals surface area contributed by atoms with Gasteiger partial charge in [-0.3, -0.25) is 4.90 Å². The Kier molecular flexibility index (Phi) is 4.31. The lowest BCUT2D eigenvalue weighted by Crippen LogP contribution is -2.75. The topological polar surface area (TPSA) is 66.7 Å². The van der Waals surface area contributed by atoms with Crippen LogP contribution < -0.4 is 0 Å². The first-order valence-corrected chi connectivity index (χ1v) is 10.0. The maximum atomic E-state index is 13.1. The minimum atomic E-state index is -0.563. The number of nitrogens with zero attached hydrogens (tertiary/aromatic N) is 4. The largest absolute Gasteiger partial charge is 0.444 e. The van der Waals surface area contributed by atoms with E-state index in [1.807, 2.05) is 30.6 Å². The van der Waals surface area contributed by atoms with E-state index >= 15 is 0 Å². The number of methoxy groups -OCH3 is 1. The van der Waals surface area contributed by atoms with E-state index in [2.05, 4.69) is 4.85 Å². The Bertz CT molecular complexity index is 705. The molecule has 0 unspecified atom stereocenters. The lowest BCUT2D eigenvalue weighted by atomic mass is 9.39. The number of carbonyl (C=O) groups is 2. The van der Waals surface area contributed by atoms with E-state index in [-0.39, 0.29) is 35.2 Å². The summed E-state index contributed by atoms with van der Waals surface area (Å²) in [5.41, 5.74) is -0.473. The third-order valence-electron chi connectivity index (χ3n) is 6.74. The molecular formula is C20H30N4O4. The number of rotatable bonds is 4. The Morgan fingerprint density at radius 3 is 2.54 bits per heavy atom. The average molecular weight is 390 g/mol. The number of hydrogen-bond donors (Lipinski definition) is 0. The number of piperazine rings is 1. The van der Waals surface area contributed by atoms with E-state index in [4.69, 9.17) is 16.0 Å². The summed E-state index contributed by atoms with van der Waals surface area (Å²) >= 11 is 0. The summed E-state index contributed by atoms with van der Waals surface area (Å²) in [7, 11) is 1.62. The lowest BCUT2D eigenvalue weighted by molar-refractivity contribution is -0.189. The minimum Gasteiger partial charge on any atom is -0.444 e. The molecule has 5 aliphatic rings. The molecule has 8 heteroatoms. The Labute approximate surface area is 166 Å². The number of urea groups is 1. The highest BCUT2D eigenvalue weighted by Gasteiger charge is 2.74. The fraction of sp³-hybridized carbons (Fsp3) is 0.850. The molecule has 2 saturated heterocycles. The quantitative estimate of drug-likeness (QED) is 0.691. The third-order valence-corrected chi connectivity index (χ3v) is 6.74. The summed E-state index contributed by atoms with van der Waals surface area (Å²) in [5, 5.41) is 0. The van der Waals surface area contributed by atoms with E-state index in [1.165, 1.54) is 0 Å². The van der Waals surface area contributed by atoms with Crippen LogP contribution in [0.25, 0.3) is 4.85 Å². The summed E-state index contributed by atoms with van der Waals surface area (Å²) in [6.45, 7) is 15.2. The molecule has 0 radical (unpaired) electrons. The molecule has 3 amide bonds. The van der Waals surface area contributed by atoms with Gasteiger partial charge in [0.15, 0.2) is 0 Å². The van der Waals surface area contributed by atoms with Gasteiger partial charge in [-0.15, -0.1) is 0 Å². The smallest absolute Gasteiger partial charge is 0.410 e. The molecule has 2 bridgehead atoms. The summed E-state index contributed by atoms with van der Waals surface area (Å²) in [4.78, 5) is 35.1. The van der Waals surface area contributed by atoms with Gasteiger partial charge in [-0.05, 0) is 40.0 Å². The van der Waals surface area contributed by atoms with Crippen LogP contribution in [0.5, 0.6) is 0 Å². The molecule has 2 atom stereocenters. The molecule has 0 aromatic carbocycles. The van der Waals surface area contributed by atoms with Gasteiger partial charge < -0.3 is 24.1 Å². The first-order chi connectivity index (χ1) is 13.1. The standard InChI is InChI=1S/C20H30N4O4/c1-18(2,3)28-17(26)23-7-6-22-14(15(23)9-27-5)8-24(16(22)25)20-10-19(11-20,12-20)13-21-4/h14-15H,6-13H2,1-3,5H3/t14-,15-,19?,20?/m1/s1. The number of fused-ring (bicyclic) bond motifs is 1. The molecule has 0 N–H and O–H groups in total. The molecule has 0 aromatic heterocycles. The molecule has 2 heterocycles. The van der Waals surface area contributed by atoms with Crippen molar-refractivity contribution in [1.29, 1.82) is 0 Å². The maximum absolute atomic E-state index is 13.1. The van der Waals surface area contributed by atoms with Crippen molar-refractivity contribution in [2.24, 2.45) is 5.41 Å². The first-order valence-electron chi connectivity index (χ1n) is 10.0. The summed E-state index contributed by atoms with van der Waals surface area (Å²) in [5.74, 6) is 0. The zero-order chi connectivity index (χ0) is 20.3. The van der Waals surface area contributed by atoms with E-state index in [1.54, 1.807) is 12.0 Å². The summed E-state index contributed by atoms with van der Waals surface area (Å²) in [6, 6.07) is -0.224. The van der Waals surface area contributed by atoms with Crippen molar-refractivity contribution in [3.05, 3.63) is 11.4 Å². The number of hydrogen-bond acceptors (Lipinski definition) is 4. The van der Waals surface area contributed by atoms with Crippen LogP contribution in [0.4, 0.5) is 9.59 Å². The molecule has 3 saturated carbocycles. The molecule has 0 aromatic rings. The van der Waals surface area contributed by atoms with E-state index < -0.39 is 5.60 Å². The zero-order valence-corrected chi connectivity index (χ0v) is 17.2. The Morgan fingerprint density at radius 1 is 1.29 bits per heavy atom. The van der Waals surface area contributed by atoms with Gasteiger partial charge in [-0.25, -0.2) is 16.2 Å². The fourth-order valence-electron chi connectivity index (χ4n) is 5.72. The van der Waals surface area contributed by atoms with Crippen molar-refractivity contribution in [2.75, 3.05) is 39.9 Å². The van der Waals surface area contributed by atoms with Crippen molar-refractivity contribution in [2.45, 2.75) is 63.3 Å². The first kappa shape index (κ1) is 19.3. The summed E-state index contributed by atoms with van der Waals surface area (Å²) < 4.78 is 11.0. The summed E-state index contributed by atoms with van der Waals surface area (Å²) in [6.07, 6.45) is 2.49. The molecule has 28 heavy (non-hydrogen) atoms. The van der Waals surface area contributed by atoms with Crippen LogP contribution in [-0.2, 0) is 9.47 Å². The van der Waals surface area contributed by atoms with Gasteiger partial charge in [0.05, 0.1) is 18.7 Å². The number of amides is 3.